The van der Waals surface area contributed by atoms with Gasteiger partial charge in [0, 0.05) is 32.6 Å². The van der Waals surface area contributed by atoms with Gasteiger partial charge in [-0.2, -0.15) is 4.98 Å². The molecule has 0 unspecified atom stereocenters. The Labute approximate surface area is 238 Å². The summed E-state index contributed by atoms with van der Waals surface area (Å²) in [5.74, 6) is -0.00946. The lowest BCUT2D eigenvalue weighted by Crippen LogP contribution is -2.09. The Kier molecular flexibility index (Phi) is 7.51. The van der Waals surface area contributed by atoms with E-state index in [0.717, 1.165) is 0 Å². The van der Waals surface area contributed by atoms with Crippen LogP contribution in [0.25, 0.3) is 11.6 Å². The molecule has 0 bridgehead atoms. The van der Waals surface area contributed by atoms with Gasteiger partial charge in [-0.1, -0.05) is 59.6 Å². The minimum absolute atomic E-state index is 0.246. The molecule has 1 aliphatic heterocycles. The Morgan fingerprint density at radius 3 is 2.51 bits per heavy atom. The molecule has 194 valence electrons. The van der Waals surface area contributed by atoms with Crippen LogP contribution >= 0.6 is 34.8 Å². The molecule has 1 aliphatic rings. The zero-order valence-electron chi connectivity index (χ0n) is 20.1. The lowest BCUT2D eigenvalue weighted by atomic mass is 10.0. The third-order valence-corrected chi connectivity index (χ3v) is 6.53. The monoisotopic (exact) mass is 576 g/mol. The van der Waals surface area contributed by atoms with Crippen LogP contribution in [0.5, 0.6) is 0 Å². The minimum atomic E-state index is -0.350. The second-order valence-electron chi connectivity index (χ2n) is 8.32. The molecule has 2 amide bonds. The number of rotatable bonds is 7. The number of hydrogen-bond acceptors (Lipinski definition) is 6. The number of aromatic nitrogens is 2. The quantitative estimate of drug-likeness (QED) is 0.169. The van der Waals surface area contributed by atoms with Crippen molar-refractivity contribution in [1.82, 2.24) is 9.97 Å². The van der Waals surface area contributed by atoms with Gasteiger partial charge in [-0.25, -0.2) is 4.98 Å². The second-order valence-corrected chi connectivity index (χ2v) is 9.57. The largest absolute Gasteiger partial charge is 0.337 e. The van der Waals surface area contributed by atoms with Gasteiger partial charge < -0.3 is 21.3 Å². The summed E-state index contributed by atoms with van der Waals surface area (Å²) in [4.78, 5) is 33.3. The molecule has 39 heavy (non-hydrogen) atoms. The molecule has 0 atom stereocenters. The number of hydrogen-bond donors (Lipinski definition) is 4. The number of fused-ring (bicyclic) bond motifs is 1. The number of anilines is 6. The smallest absolute Gasteiger partial charge is 0.256 e. The first-order valence-corrected chi connectivity index (χ1v) is 12.7. The average molecular weight is 578 g/mol. The third-order valence-electron chi connectivity index (χ3n) is 5.69. The van der Waals surface area contributed by atoms with Crippen LogP contribution in [0.2, 0.25) is 15.1 Å². The fourth-order valence-electron chi connectivity index (χ4n) is 3.84. The van der Waals surface area contributed by atoms with Crippen molar-refractivity contribution in [1.29, 1.82) is 0 Å². The van der Waals surface area contributed by atoms with Crippen molar-refractivity contribution < 1.29 is 9.59 Å². The average Bonchev–Trinajstić information content (AvgIpc) is 3.22. The summed E-state index contributed by atoms with van der Waals surface area (Å²) in [5.41, 5.74) is 4.23. The Balaban J connectivity index is 1.41. The van der Waals surface area contributed by atoms with E-state index < -0.39 is 0 Å². The van der Waals surface area contributed by atoms with Crippen molar-refractivity contribution in [2.45, 2.75) is 0 Å². The van der Waals surface area contributed by atoms with Gasteiger partial charge in [0.1, 0.15) is 5.02 Å². The van der Waals surface area contributed by atoms with Crippen LogP contribution in [-0.2, 0) is 9.59 Å². The number of carbonyl (C=O) groups is 2. The van der Waals surface area contributed by atoms with Gasteiger partial charge in [0.15, 0.2) is 5.82 Å². The van der Waals surface area contributed by atoms with Crippen LogP contribution in [0, 0.1) is 0 Å². The molecular formula is C28H19Cl3N6O2. The second kappa shape index (κ2) is 11.2. The predicted molar refractivity (Wildman–Crippen MR) is 158 cm³/mol. The molecule has 11 heteroatoms. The van der Waals surface area contributed by atoms with Crippen LogP contribution in [0.1, 0.15) is 11.1 Å². The third kappa shape index (κ3) is 5.88. The minimum Gasteiger partial charge on any atom is -0.337 e. The van der Waals surface area contributed by atoms with Gasteiger partial charge in [-0.15, -0.1) is 0 Å². The lowest BCUT2D eigenvalue weighted by molar-refractivity contribution is -0.112. The summed E-state index contributed by atoms with van der Waals surface area (Å²) in [5, 5.41) is 13.1. The first kappa shape index (κ1) is 26.2. The summed E-state index contributed by atoms with van der Waals surface area (Å²) in [7, 11) is 0. The SMILES string of the molecule is C=CC(=O)Nc1ccccc1Nc1nc(Nc2ccc3c(c2)/C(=C/c2ccc(Cl)cc2Cl)C(=O)N3)ncc1Cl. The number of benzene rings is 3. The van der Waals surface area contributed by atoms with Crippen molar-refractivity contribution >= 4 is 92.8 Å². The van der Waals surface area contributed by atoms with Crippen LogP contribution in [0.15, 0.2) is 79.5 Å². The molecule has 2 heterocycles. The highest BCUT2D eigenvalue weighted by Gasteiger charge is 2.25. The Morgan fingerprint density at radius 2 is 1.74 bits per heavy atom. The standard InChI is InChI=1S/C28H19Cl3N6O2/c1-2-25(38)34-23-5-3-4-6-24(23)35-26-21(31)14-32-28(37-26)33-17-9-10-22-18(13-17)19(27(39)36-22)11-15-7-8-16(29)12-20(15)30/h2-14H,1H2,(H,34,38)(H,36,39)(H2,32,33,35,37)/b19-11-. The highest BCUT2D eigenvalue weighted by molar-refractivity contribution is 6.38. The van der Waals surface area contributed by atoms with Crippen LogP contribution in [0.3, 0.4) is 0 Å². The molecule has 0 aliphatic carbocycles. The lowest BCUT2D eigenvalue weighted by Gasteiger charge is -2.14. The van der Waals surface area contributed by atoms with E-state index in [1.54, 1.807) is 54.6 Å². The van der Waals surface area contributed by atoms with Crippen molar-refractivity contribution in [2.75, 3.05) is 21.3 Å². The van der Waals surface area contributed by atoms with Gasteiger partial charge in [-0.3, -0.25) is 9.59 Å². The van der Waals surface area contributed by atoms with E-state index >= 15 is 0 Å². The van der Waals surface area contributed by atoms with Crippen molar-refractivity contribution in [3.63, 3.8) is 0 Å². The summed E-state index contributed by atoms with van der Waals surface area (Å²) in [6, 6.07) is 17.6. The van der Waals surface area contributed by atoms with Crippen LogP contribution in [0.4, 0.5) is 34.5 Å². The van der Waals surface area contributed by atoms with E-state index in [1.165, 1.54) is 12.3 Å². The van der Waals surface area contributed by atoms with E-state index in [0.29, 0.717) is 55.3 Å². The molecule has 1 aromatic heterocycles. The maximum absolute atomic E-state index is 12.7. The topological polar surface area (TPSA) is 108 Å². The van der Waals surface area contributed by atoms with Gasteiger partial charge >= 0.3 is 0 Å². The van der Waals surface area contributed by atoms with E-state index in [4.69, 9.17) is 34.8 Å². The highest BCUT2D eigenvalue weighted by Crippen LogP contribution is 2.37. The Bertz CT molecular complexity index is 1670. The molecule has 5 rings (SSSR count). The number of carbonyl (C=O) groups excluding carboxylic acids is 2. The summed E-state index contributed by atoms with van der Waals surface area (Å²) >= 11 is 18.7. The van der Waals surface area contributed by atoms with Crippen molar-refractivity contribution in [3.05, 3.63) is 106 Å². The first-order valence-electron chi connectivity index (χ1n) is 11.5. The molecule has 0 radical (unpaired) electrons. The zero-order chi connectivity index (χ0) is 27.5. The number of para-hydroxylation sites is 2. The number of nitrogens with one attached hydrogen (secondary N) is 4. The van der Waals surface area contributed by atoms with Gasteiger partial charge in [0.25, 0.3) is 5.91 Å². The molecule has 4 N–H and O–H groups in total. The summed E-state index contributed by atoms with van der Waals surface area (Å²) < 4.78 is 0. The Morgan fingerprint density at radius 1 is 0.949 bits per heavy atom. The summed E-state index contributed by atoms with van der Waals surface area (Å²) in [6.45, 7) is 3.48. The molecule has 4 aromatic rings. The van der Waals surface area contributed by atoms with E-state index in [1.807, 2.05) is 12.1 Å². The van der Waals surface area contributed by atoms with Crippen LogP contribution in [-0.4, -0.2) is 21.8 Å². The van der Waals surface area contributed by atoms with Crippen molar-refractivity contribution in [3.8, 4) is 0 Å². The van der Waals surface area contributed by atoms with Crippen LogP contribution < -0.4 is 21.3 Å². The fourth-order valence-corrected chi connectivity index (χ4v) is 4.44. The maximum atomic E-state index is 12.7. The maximum Gasteiger partial charge on any atom is 0.256 e. The zero-order valence-corrected chi connectivity index (χ0v) is 22.3. The van der Waals surface area contributed by atoms with E-state index in [9.17, 15) is 9.59 Å². The van der Waals surface area contributed by atoms with Crippen molar-refractivity contribution in [2.24, 2.45) is 0 Å². The first-order chi connectivity index (χ1) is 18.8. The summed E-state index contributed by atoms with van der Waals surface area (Å²) in [6.07, 6.45) is 4.35. The molecule has 0 saturated heterocycles. The number of halogens is 3. The molecular weight excluding hydrogens is 559 g/mol. The molecule has 0 fully saturated rings. The van der Waals surface area contributed by atoms with Gasteiger partial charge in [-0.05, 0) is 60.2 Å². The fraction of sp³-hybridized carbons (Fsp3) is 0. The highest BCUT2D eigenvalue weighted by atomic mass is 35.5. The number of nitrogens with zero attached hydrogens (tertiary/aromatic N) is 2. The molecule has 3 aromatic carbocycles. The normalized spacial score (nSPS) is 13.0. The Hall–Kier alpha value is -4.37. The molecule has 8 nitrogen and oxygen atoms in total. The number of amides is 2. The van der Waals surface area contributed by atoms with E-state index in [-0.39, 0.29) is 22.8 Å². The van der Waals surface area contributed by atoms with E-state index in [2.05, 4.69) is 37.8 Å². The predicted octanol–water partition coefficient (Wildman–Crippen LogP) is 7.54. The van der Waals surface area contributed by atoms with Gasteiger partial charge in [0.2, 0.25) is 11.9 Å². The molecule has 0 saturated carbocycles. The molecule has 0 spiro atoms. The van der Waals surface area contributed by atoms with Gasteiger partial charge in [0.05, 0.1) is 17.6 Å².